The summed E-state index contributed by atoms with van der Waals surface area (Å²) in [5, 5.41) is 21.5. The monoisotopic (exact) mass is 542 g/mol. The third kappa shape index (κ3) is 3.88. The zero-order chi connectivity index (χ0) is 28.2. The molecule has 3 aliphatic rings. The molecule has 3 aromatic carbocycles. The molecule has 0 amide bonds. The van der Waals surface area contributed by atoms with Crippen molar-refractivity contribution in [1.29, 1.82) is 10.5 Å². The van der Waals surface area contributed by atoms with Crippen LogP contribution in [0.3, 0.4) is 0 Å². The highest BCUT2D eigenvalue weighted by Gasteiger charge is 2.25. The van der Waals surface area contributed by atoms with Gasteiger partial charge in [-0.2, -0.15) is 10.5 Å². The fourth-order valence-electron chi connectivity index (χ4n) is 6.83. The maximum absolute atomic E-state index is 9.98. The number of hydrogen-bond acceptors (Lipinski definition) is 4. The zero-order valence-corrected chi connectivity index (χ0v) is 23.0. The molecule has 0 bridgehead atoms. The van der Waals surface area contributed by atoms with E-state index in [4.69, 9.17) is 8.83 Å². The molecule has 2 aromatic heterocycles. The summed E-state index contributed by atoms with van der Waals surface area (Å²) in [6.45, 7) is 0. The predicted octanol–water partition coefficient (Wildman–Crippen LogP) is 9.66. The minimum Gasteiger partial charge on any atom is -0.461 e. The van der Waals surface area contributed by atoms with Crippen molar-refractivity contribution in [3.63, 3.8) is 0 Å². The average Bonchev–Trinajstić information content (AvgIpc) is 3.62. The summed E-state index contributed by atoms with van der Waals surface area (Å²) in [4.78, 5) is 0. The Kier molecular flexibility index (Phi) is 5.62. The zero-order valence-electron chi connectivity index (χ0n) is 23.0. The Balaban J connectivity index is 1.34. The van der Waals surface area contributed by atoms with Crippen LogP contribution in [0.2, 0.25) is 0 Å². The molecule has 42 heavy (non-hydrogen) atoms. The molecule has 0 radical (unpaired) electrons. The van der Waals surface area contributed by atoms with Gasteiger partial charge in [-0.15, -0.1) is 0 Å². The highest BCUT2D eigenvalue weighted by Crippen LogP contribution is 2.43. The van der Waals surface area contributed by atoms with Gasteiger partial charge in [0.2, 0.25) is 0 Å². The van der Waals surface area contributed by atoms with Crippen LogP contribution in [0.4, 0.5) is 0 Å². The van der Waals surface area contributed by atoms with Gasteiger partial charge in [0.15, 0.2) is 0 Å². The maximum Gasteiger partial charge on any atom is 0.136 e. The second-order valence-electron chi connectivity index (χ2n) is 11.3. The molecule has 200 valence electrons. The molecule has 0 saturated carbocycles. The lowest BCUT2D eigenvalue weighted by atomic mass is 9.81. The van der Waals surface area contributed by atoms with Gasteiger partial charge in [0, 0.05) is 39.8 Å². The number of furan rings is 2. The maximum atomic E-state index is 9.98. The normalized spacial score (nSPS) is 17.3. The second-order valence-corrected chi connectivity index (χ2v) is 11.3. The van der Waals surface area contributed by atoms with Gasteiger partial charge in [0.25, 0.3) is 0 Å². The second kappa shape index (κ2) is 9.65. The van der Waals surface area contributed by atoms with E-state index in [2.05, 4.69) is 60.7 Å². The van der Waals surface area contributed by atoms with Crippen molar-refractivity contribution in [3.8, 4) is 23.3 Å². The van der Waals surface area contributed by atoms with Crippen LogP contribution in [0.25, 0.3) is 50.8 Å². The van der Waals surface area contributed by atoms with Crippen LogP contribution in [0.1, 0.15) is 64.5 Å². The predicted molar refractivity (Wildman–Crippen MR) is 166 cm³/mol. The molecule has 0 aliphatic heterocycles. The molecule has 3 aliphatic carbocycles. The minimum atomic E-state index is -0.00926. The van der Waals surface area contributed by atoms with E-state index in [1.54, 1.807) is 6.07 Å². The minimum absolute atomic E-state index is 0.00926. The number of benzene rings is 3. The molecular formula is C38H26N2O2. The lowest BCUT2D eigenvalue weighted by Gasteiger charge is -2.21. The third-order valence-corrected chi connectivity index (χ3v) is 8.88. The number of hydrogen-bond donors (Lipinski definition) is 0. The molecule has 0 fully saturated rings. The summed E-state index contributed by atoms with van der Waals surface area (Å²) in [6, 6.07) is 23.2. The van der Waals surface area contributed by atoms with E-state index in [1.165, 1.54) is 16.7 Å². The Morgan fingerprint density at radius 3 is 2.67 bits per heavy atom. The van der Waals surface area contributed by atoms with E-state index in [0.29, 0.717) is 5.56 Å². The highest BCUT2D eigenvalue weighted by molar-refractivity contribution is 6.12. The fraction of sp³-hybridized carbons (Fsp3) is 0.158. The Morgan fingerprint density at radius 2 is 1.76 bits per heavy atom. The molecule has 5 aromatic rings. The quantitative estimate of drug-likeness (QED) is 0.227. The van der Waals surface area contributed by atoms with Gasteiger partial charge in [0.1, 0.15) is 22.7 Å². The van der Waals surface area contributed by atoms with Crippen molar-refractivity contribution in [3.05, 3.63) is 124 Å². The summed E-state index contributed by atoms with van der Waals surface area (Å²) in [7, 11) is 0. The summed E-state index contributed by atoms with van der Waals surface area (Å²) in [5.41, 5.74) is 11.1. The van der Waals surface area contributed by atoms with Crippen LogP contribution in [0.5, 0.6) is 0 Å². The van der Waals surface area contributed by atoms with E-state index < -0.39 is 0 Å². The number of nitriles is 2. The van der Waals surface area contributed by atoms with Crippen LogP contribution in [-0.4, -0.2) is 0 Å². The van der Waals surface area contributed by atoms with Crippen LogP contribution in [0, 0.1) is 22.7 Å². The number of allylic oxidation sites excluding steroid dienone is 6. The van der Waals surface area contributed by atoms with Crippen molar-refractivity contribution >= 4 is 39.7 Å². The van der Waals surface area contributed by atoms with Crippen molar-refractivity contribution in [2.24, 2.45) is 0 Å². The van der Waals surface area contributed by atoms with E-state index >= 15 is 0 Å². The van der Waals surface area contributed by atoms with Crippen LogP contribution >= 0.6 is 0 Å². The first-order valence-corrected chi connectivity index (χ1v) is 14.5. The number of aryl methyl sites for hydroxylation is 1. The smallest absolute Gasteiger partial charge is 0.136 e. The van der Waals surface area contributed by atoms with E-state index in [0.717, 1.165) is 93.4 Å². The molecule has 2 heterocycles. The van der Waals surface area contributed by atoms with Gasteiger partial charge in [-0.05, 0) is 96.0 Å². The first-order chi connectivity index (χ1) is 20.7. The molecular weight excluding hydrogens is 516 g/mol. The first kappa shape index (κ1) is 24.5. The SMILES string of the molecule is N#CC1=CC=CCC1c1cc(C2=Cc3oc4c(c3CC2)C=CCC4)cc(-c2cccc3oc4ccc(C#N)cc4c23)c1. The number of fused-ring (bicyclic) bond motifs is 6. The third-order valence-electron chi connectivity index (χ3n) is 8.88. The fourth-order valence-corrected chi connectivity index (χ4v) is 6.83. The molecule has 1 atom stereocenters. The Morgan fingerprint density at radius 1 is 0.833 bits per heavy atom. The van der Waals surface area contributed by atoms with Crippen LogP contribution in [0.15, 0.2) is 93.3 Å². The molecule has 0 spiro atoms. The van der Waals surface area contributed by atoms with Crippen molar-refractivity contribution in [1.82, 2.24) is 0 Å². The van der Waals surface area contributed by atoms with Crippen molar-refractivity contribution in [2.75, 3.05) is 0 Å². The van der Waals surface area contributed by atoms with Crippen LogP contribution in [-0.2, 0) is 12.8 Å². The highest BCUT2D eigenvalue weighted by atomic mass is 16.3. The average molecular weight is 543 g/mol. The standard InChI is InChI=1S/C38H26N2O2/c39-21-23-12-15-35-33(16-23)38-30(9-5-11-36(38)41-35)28-18-26(17-27(19-28)29-7-2-1-6-25(29)22-40)24-13-14-32-31-8-3-4-10-34(31)42-37(32)20-24/h1-3,5-6,8-9,11-12,15-20,29H,4,7,10,13-14H2. The Hall–Kier alpha value is -5.32. The Bertz CT molecular complexity index is 2150. The molecule has 1 unspecified atom stereocenters. The van der Waals surface area contributed by atoms with E-state index in [-0.39, 0.29) is 5.92 Å². The van der Waals surface area contributed by atoms with Gasteiger partial charge >= 0.3 is 0 Å². The lowest BCUT2D eigenvalue weighted by molar-refractivity contribution is 0.497. The largest absolute Gasteiger partial charge is 0.461 e. The number of nitrogens with zero attached hydrogens (tertiary/aromatic N) is 2. The summed E-state index contributed by atoms with van der Waals surface area (Å²) >= 11 is 0. The molecule has 4 nitrogen and oxygen atoms in total. The van der Waals surface area contributed by atoms with Crippen molar-refractivity contribution in [2.45, 2.75) is 38.0 Å². The van der Waals surface area contributed by atoms with Crippen molar-refractivity contribution < 1.29 is 8.83 Å². The van der Waals surface area contributed by atoms with Gasteiger partial charge in [0.05, 0.1) is 17.7 Å². The van der Waals surface area contributed by atoms with Crippen LogP contribution < -0.4 is 0 Å². The van der Waals surface area contributed by atoms with E-state index in [9.17, 15) is 10.5 Å². The first-order valence-electron chi connectivity index (χ1n) is 14.5. The molecule has 0 N–H and O–H groups in total. The lowest BCUT2D eigenvalue weighted by Crippen LogP contribution is -2.05. The summed E-state index contributed by atoms with van der Waals surface area (Å²) < 4.78 is 12.6. The molecule has 0 saturated heterocycles. The van der Waals surface area contributed by atoms with Gasteiger partial charge in [-0.25, -0.2) is 0 Å². The summed E-state index contributed by atoms with van der Waals surface area (Å²) in [6.07, 6.45) is 17.4. The summed E-state index contributed by atoms with van der Waals surface area (Å²) in [5.74, 6) is 2.07. The number of rotatable bonds is 3. The Labute approximate surface area is 243 Å². The van der Waals surface area contributed by atoms with Gasteiger partial charge < -0.3 is 8.83 Å². The van der Waals surface area contributed by atoms with Gasteiger partial charge in [-0.3, -0.25) is 0 Å². The van der Waals surface area contributed by atoms with Gasteiger partial charge in [-0.1, -0.05) is 48.6 Å². The van der Waals surface area contributed by atoms with E-state index in [1.807, 2.05) is 36.4 Å². The molecule has 4 heteroatoms. The topological polar surface area (TPSA) is 73.9 Å². The molecule has 8 rings (SSSR count).